The summed E-state index contributed by atoms with van der Waals surface area (Å²) in [6, 6.07) is -0.315. The molecule has 0 aliphatic rings. The largest absolute Gasteiger partial charge is 0.345 e. The van der Waals surface area contributed by atoms with Crippen molar-refractivity contribution in [1.82, 2.24) is 4.90 Å². The fourth-order valence-corrected chi connectivity index (χ4v) is 0.614. The van der Waals surface area contributed by atoms with E-state index in [1.165, 1.54) is 0 Å². The van der Waals surface area contributed by atoms with Crippen molar-refractivity contribution in [1.29, 1.82) is 0 Å². The van der Waals surface area contributed by atoms with E-state index in [0.717, 1.165) is 6.54 Å². The van der Waals surface area contributed by atoms with E-state index >= 15 is 0 Å². The van der Waals surface area contributed by atoms with Crippen LogP contribution in [0.25, 0.3) is 0 Å². The van der Waals surface area contributed by atoms with Gasteiger partial charge in [0, 0.05) is 13.6 Å². The third-order valence-corrected chi connectivity index (χ3v) is 1.61. The number of carbonyl (C=O) groups is 1. The van der Waals surface area contributed by atoms with Crippen molar-refractivity contribution in [2.75, 3.05) is 13.6 Å². The highest BCUT2D eigenvalue weighted by atomic mass is 16.2. The Labute approximate surface area is 62.2 Å². The maximum atomic E-state index is 11.1. The van der Waals surface area contributed by atoms with Crippen LogP contribution in [0.4, 0.5) is 0 Å². The van der Waals surface area contributed by atoms with Crippen molar-refractivity contribution in [3.63, 3.8) is 0 Å². The van der Waals surface area contributed by atoms with Gasteiger partial charge in [-0.15, -0.1) is 0 Å². The van der Waals surface area contributed by atoms with Crippen LogP contribution >= 0.6 is 0 Å². The van der Waals surface area contributed by atoms with Gasteiger partial charge in [-0.25, -0.2) is 0 Å². The lowest BCUT2D eigenvalue weighted by Crippen LogP contribution is -2.41. The second kappa shape index (κ2) is 4.28. The number of likely N-dealkylation sites (N-methyl/N-ethyl adjacent to an activating group) is 1. The van der Waals surface area contributed by atoms with Crippen molar-refractivity contribution in [2.45, 2.75) is 26.3 Å². The first kappa shape index (κ1) is 9.43. The number of carbonyl (C=O) groups excluding carboxylic acids is 1. The Morgan fingerprint density at radius 3 is 2.40 bits per heavy atom. The Morgan fingerprint density at radius 1 is 1.60 bits per heavy atom. The van der Waals surface area contributed by atoms with Gasteiger partial charge in [0.25, 0.3) is 0 Å². The van der Waals surface area contributed by atoms with E-state index in [9.17, 15) is 4.79 Å². The summed E-state index contributed by atoms with van der Waals surface area (Å²) in [5.74, 6) is 0.0324. The van der Waals surface area contributed by atoms with Gasteiger partial charge in [-0.2, -0.15) is 0 Å². The van der Waals surface area contributed by atoms with E-state index in [2.05, 4.69) is 0 Å². The van der Waals surface area contributed by atoms with E-state index < -0.39 is 0 Å². The van der Waals surface area contributed by atoms with Crippen LogP contribution < -0.4 is 5.73 Å². The Kier molecular flexibility index (Phi) is 4.03. The monoisotopic (exact) mass is 144 g/mol. The predicted molar refractivity (Wildman–Crippen MR) is 41.6 cm³/mol. The fraction of sp³-hybridized carbons (Fsp3) is 0.857. The quantitative estimate of drug-likeness (QED) is 0.615. The molecule has 0 rings (SSSR count). The summed E-state index contributed by atoms with van der Waals surface area (Å²) in [5, 5.41) is 0. The molecular weight excluding hydrogens is 128 g/mol. The molecule has 0 bridgehead atoms. The summed E-state index contributed by atoms with van der Waals surface area (Å²) in [7, 11) is 1.76. The van der Waals surface area contributed by atoms with Crippen LogP contribution in [0.5, 0.6) is 0 Å². The molecule has 0 saturated carbocycles. The molecule has 0 aromatic carbocycles. The van der Waals surface area contributed by atoms with Gasteiger partial charge in [-0.1, -0.05) is 6.92 Å². The van der Waals surface area contributed by atoms with E-state index in [4.69, 9.17) is 5.73 Å². The second-order valence-corrected chi connectivity index (χ2v) is 2.37. The topological polar surface area (TPSA) is 46.3 Å². The second-order valence-electron chi connectivity index (χ2n) is 2.37. The number of nitrogens with zero attached hydrogens (tertiary/aromatic N) is 1. The molecule has 10 heavy (non-hydrogen) atoms. The van der Waals surface area contributed by atoms with Crippen molar-refractivity contribution >= 4 is 5.91 Å². The van der Waals surface area contributed by atoms with E-state index in [-0.39, 0.29) is 11.9 Å². The molecule has 3 nitrogen and oxygen atoms in total. The third kappa shape index (κ3) is 2.35. The van der Waals surface area contributed by atoms with Gasteiger partial charge in [0.2, 0.25) is 5.91 Å². The van der Waals surface area contributed by atoms with Crippen LogP contribution in [0, 0.1) is 0 Å². The maximum Gasteiger partial charge on any atom is 0.239 e. The molecule has 0 radical (unpaired) electrons. The molecule has 0 aliphatic heterocycles. The summed E-state index contributed by atoms with van der Waals surface area (Å²) in [6.07, 6.45) is 0.711. The zero-order chi connectivity index (χ0) is 8.15. The lowest BCUT2D eigenvalue weighted by molar-refractivity contribution is -0.131. The third-order valence-electron chi connectivity index (χ3n) is 1.61. The van der Waals surface area contributed by atoms with Crippen molar-refractivity contribution < 1.29 is 4.79 Å². The van der Waals surface area contributed by atoms with Crippen LogP contribution in [0.1, 0.15) is 20.3 Å². The van der Waals surface area contributed by atoms with E-state index in [1.54, 1.807) is 11.9 Å². The summed E-state index contributed by atoms with van der Waals surface area (Å²) in [6.45, 7) is 4.57. The van der Waals surface area contributed by atoms with Gasteiger partial charge in [0.1, 0.15) is 0 Å². The van der Waals surface area contributed by atoms with Gasteiger partial charge in [0.05, 0.1) is 6.04 Å². The molecule has 0 aromatic rings. The summed E-state index contributed by atoms with van der Waals surface area (Å²) < 4.78 is 0. The average Bonchev–Trinajstić information content (AvgIpc) is 2.00. The van der Waals surface area contributed by atoms with Gasteiger partial charge in [-0.05, 0) is 13.3 Å². The highest BCUT2D eigenvalue weighted by Crippen LogP contribution is 1.92. The van der Waals surface area contributed by atoms with Crippen molar-refractivity contribution in [3.8, 4) is 0 Å². The number of hydrogen-bond acceptors (Lipinski definition) is 2. The van der Waals surface area contributed by atoms with Crippen LogP contribution in [0.2, 0.25) is 0 Å². The first-order chi connectivity index (χ1) is 4.63. The molecule has 1 atom stereocenters. The zero-order valence-electron chi connectivity index (χ0n) is 6.92. The molecule has 1 amide bonds. The Hall–Kier alpha value is -0.570. The molecular formula is C7H16N2O. The highest BCUT2D eigenvalue weighted by molar-refractivity contribution is 5.81. The average molecular weight is 144 g/mol. The van der Waals surface area contributed by atoms with E-state index in [0.29, 0.717) is 6.42 Å². The molecule has 0 heterocycles. The highest BCUT2D eigenvalue weighted by Gasteiger charge is 2.13. The maximum absolute atomic E-state index is 11.1. The van der Waals surface area contributed by atoms with Crippen LogP contribution in [-0.2, 0) is 4.79 Å². The minimum atomic E-state index is -0.315. The molecule has 60 valence electrons. The summed E-state index contributed by atoms with van der Waals surface area (Å²) in [5.41, 5.74) is 5.50. The van der Waals surface area contributed by atoms with Gasteiger partial charge < -0.3 is 10.6 Å². The molecule has 0 aliphatic carbocycles. The van der Waals surface area contributed by atoms with Crippen molar-refractivity contribution in [3.05, 3.63) is 0 Å². The minimum Gasteiger partial charge on any atom is -0.345 e. The lowest BCUT2D eigenvalue weighted by atomic mass is 10.2. The SMILES string of the molecule is CC[C@H](N)C(=O)N(C)CC. The van der Waals surface area contributed by atoms with Crippen molar-refractivity contribution in [2.24, 2.45) is 5.73 Å². The van der Waals surface area contributed by atoms with Crippen LogP contribution in [-0.4, -0.2) is 30.4 Å². The van der Waals surface area contributed by atoms with Crippen LogP contribution in [0.3, 0.4) is 0 Å². The Morgan fingerprint density at radius 2 is 2.10 bits per heavy atom. The Bertz CT molecular complexity index is 102. The first-order valence-electron chi connectivity index (χ1n) is 3.64. The van der Waals surface area contributed by atoms with Crippen LogP contribution in [0.15, 0.2) is 0 Å². The van der Waals surface area contributed by atoms with Gasteiger partial charge >= 0.3 is 0 Å². The first-order valence-corrected chi connectivity index (χ1v) is 3.64. The van der Waals surface area contributed by atoms with E-state index in [1.807, 2.05) is 13.8 Å². The van der Waals surface area contributed by atoms with Gasteiger partial charge in [0.15, 0.2) is 0 Å². The number of hydrogen-bond donors (Lipinski definition) is 1. The van der Waals surface area contributed by atoms with Gasteiger partial charge in [-0.3, -0.25) is 4.79 Å². The molecule has 0 unspecified atom stereocenters. The molecule has 0 aromatic heterocycles. The summed E-state index contributed by atoms with van der Waals surface area (Å²) in [4.78, 5) is 12.7. The molecule has 0 saturated heterocycles. The molecule has 0 fully saturated rings. The predicted octanol–water partition coefficient (Wildman–Crippen LogP) is 0.202. The number of amides is 1. The minimum absolute atomic E-state index is 0.0324. The normalized spacial score (nSPS) is 12.8. The fourth-order valence-electron chi connectivity index (χ4n) is 0.614. The standard InChI is InChI=1S/C7H16N2O/c1-4-6(8)7(10)9(3)5-2/h6H,4-5,8H2,1-3H3/t6-/m0/s1. The Balaban J connectivity index is 3.82. The lowest BCUT2D eigenvalue weighted by Gasteiger charge is -2.17. The number of nitrogens with two attached hydrogens (primary N) is 1. The molecule has 2 N–H and O–H groups in total. The smallest absolute Gasteiger partial charge is 0.239 e. The zero-order valence-corrected chi connectivity index (χ0v) is 6.92. The molecule has 3 heteroatoms. The summed E-state index contributed by atoms with van der Waals surface area (Å²) >= 11 is 0. The molecule has 0 spiro atoms. The number of rotatable bonds is 3.